The standard InChI is InChI=1S/C39H62N2O6/c1-6-7-8-9-10-11-12-13-14-15-16-17-18-19-23-26-34(42)41-33(29-32-24-21-20-22-25-32)30-45-35(43)27-28-40-37(44)36-38(2,3)31-46-39(4,5)47-36/h10-11,13-14,20-22,24-25,33,36H,6-9,12,15-19,23,26-31H2,1-5H3,(H,40,44)(H,41,42)/b11-10-,14-13-. The molecule has 264 valence electrons. The fraction of sp³-hybridized carbons (Fsp3) is 0.667. The number of esters is 1. The van der Waals surface area contributed by atoms with Crippen molar-refractivity contribution in [3.8, 4) is 0 Å². The van der Waals surface area contributed by atoms with E-state index in [0.717, 1.165) is 37.7 Å². The number of amides is 2. The van der Waals surface area contributed by atoms with E-state index in [1.807, 2.05) is 44.2 Å². The number of nitrogens with one attached hydrogen (secondary N) is 2. The minimum atomic E-state index is -0.850. The molecule has 1 aliphatic heterocycles. The SMILES string of the molecule is CCCCC/C=C\C/C=C\CCCCCCCC(=O)NC(COC(=O)CCNC(=O)C1OC(C)(C)OCC1(C)C)Cc1ccccc1. The Morgan fingerprint density at radius 3 is 2.26 bits per heavy atom. The van der Waals surface area contributed by atoms with Gasteiger partial charge in [0.1, 0.15) is 12.7 Å². The van der Waals surface area contributed by atoms with Gasteiger partial charge in [-0.25, -0.2) is 0 Å². The van der Waals surface area contributed by atoms with Crippen molar-refractivity contribution in [1.82, 2.24) is 10.6 Å². The Hall–Kier alpha value is -2.97. The maximum Gasteiger partial charge on any atom is 0.307 e. The van der Waals surface area contributed by atoms with Gasteiger partial charge >= 0.3 is 5.97 Å². The first-order valence-corrected chi connectivity index (χ1v) is 17.9. The highest BCUT2D eigenvalue weighted by atomic mass is 16.7. The molecule has 0 saturated carbocycles. The maximum atomic E-state index is 12.8. The van der Waals surface area contributed by atoms with Crippen LogP contribution in [0.15, 0.2) is 54.6 Å². The molecule has 1 saturated heterocycles. The molecule has 2 unspecified atom stereocenters. The molecule has 2 amide bonds. The van der Waals surface area contributed by atoms with Crippen LogP contribution in [0.5, 0.6) is 0 Å². The molecule has 2 atom stereocenters. The second-order valence-corrected chi connectivity index (χ2v) is 13.8. The molecule has 8 nitrogen and oxygen atoms in total. The van der Waals surface area contributed by atoms with Crippen molar-refractivity contribution in [3.05, 3.63) is 60.2 Å². The highest BCUT2D eigenvalue weighted by Crippen LogP contribution is 2.34. The van der Waals surface area contributed by atoms with Gasteiger partial charge in [0.25, 0.3) is 0 Å². The van der Waals surface area contributed by atoms with E-state index in [1.54, 1.807) is 13.8 Å². The lowest BCUT2D eigenvalue weighted by atomic mass is 9.85. The van der Waals surface area contributed by atoms with E-state index in [9.17, 15) is 14.4 Å². The zero-order valence-electron chi connectivity index (χ0n) is 29.8. The summed E-state index contributed by atoms with van der Waals surface area (Å²) in [6.07, 6.45) is 22.0. The van der Waals surface area contributed by atoms with Crippen LogP contribution < -0.4 is 10.6 Å². The largest absolute Gasteiger partial charge is 0.463 e. The lowest BCUT2D eigenvalue weighted by Crippen LogP contribution is -2.56. The Morgan fingerprint density at radius 2 is 1.55 bits per heavy atom. The Labute approximate surface area is 284 Å². The number of hydrogen-bond donors (Lipinski definition) is 2. The van der Waals surface area contributed by atoms with Crippen LogP contribution in [0.3, 0.4) is 0 Å². The highest BCUT2D eigenvalue weighted by Gasteiger charge is 2.45. The summed E-state index contributed by atoms with van der Waals surface area (Å²) < 4.78 is 17.1. The average molecular weight is 655 g/mol. The van der Waals surface area contributed by atoms with Crippen LogP contribution in [0.25, 0.3) is 0 Å². The summed E-state index contributed by atoms with van der Waals surface area (Å²) >= 11 is 0. The fourth-order valence-corrected chi connectivity index (χ4v) is 5.41. The van der Waals surface area contributed by atoms with Gasteiger partial charge in [-0.05, 0) is 64.4 Å². The minimum Gasteiger partial charge on any atom is -0.463 e. The number of carbonyl (C=O) groups is 3. The van der Waals surface area contributed by atoms with Crippen LogP contribution in [-0.2, 0) is 35.0 Å². The topological polar surface area (TPSA) is 103 Å². The Kier molecular flexibility index (Phi) is 19.3. The van der Waals surface area contributed by atoms with Crippen molar-refractivity contribution in [2.24, 2.45) is 5.41 Å². The van der Waals surface area contributed by atoms with Crippen LogP contribution in [0.4, 0.5) is 0 Å². The van der Waals surface area contributed by atoms with E-state index < -0.39 is 23.3 Å². The summed E-state index contributed by atoms with van der Waals surface area (Å²) in [4.78, 5) is 38.2. The number of rotatable bonds is 23. The molecule has 47 heavy (non-hydrogen) atoms. The molecular formula is C39H62N2O6. The fourth-order valence-electron chi connectivity index (χ4n) is 5.41. The molecule has 0 aliphatic carbocycles. The number of benzene rings is 1. The average Bonchev–Trinajstić information content (AvgIpc) is 3.03. The quantitative estimate of drug-likeness (QED) is 0.0711. The molecule has 2 rings (SSSR count). The molecule has 1 aromatic carbocycles. The summed E-state index contributed by atoms with van der Waals surface area (Å²) in [6, 6.07) is 9.52. The van der Waals surface area contributed by atoms with Crippen LogP contribution >= 0.6 is 0 Å². The molecule has 0 aromatic heterocycles. The predicted octanol–water partition coefficient (Wildman–Crippen LogP) is 7.75. The number of hydrogen-bond acceptors (Lipinski definition) is 6. The molecule has 2 N–H and O–H groups in total. The Balaban J connectivity index is 1.66. The third kappa shape index (κ3) is 18.2. The van der Waals surface area contributed by atoms with Gasteiger partial charge in [0.15, 0.2) is 5.79 Å². The molecule has 1 aromatic rings. The summed E-state index contributed by atoms with van der Waals surface area (Å²) in [6.45, 7) is 10.2. The Morgan fingerprint density at radius 1 is 0.894 bits per heavy atom. The van der Waals surface area contributed by atoms with Gasteiger partial charge in [-0.1, -0.05) is 108 Å². The zero-order valence-corrected chi connectivity index (χ0v) is 29.8. The first-order chi connectivity index (χ1) is 22.5. The van der Waals surface area contributed by atoms with Crippen molar-refractivity contribution in [2.45, 2.75) is 142 Å². The van der Waals surface area contributed by atoms with Crippen LogP contribution in [0.2, 0.25) is 0 Å². The van der Waals surface area contributed by atoms with Crippen molar-refractivity contribution >= 4 is 17.8 Å². The van der Waals surface area contributed by atoms with E-state index in [4.69, 9.17) is 14.2 Å². The highest BCUT2D eigenvalue weighted by molar-refractivity contribution is 5.82. The molecule has 1 fully saturated rings. The minimum absolute atomic E-state index is 0.0246. The number of unbranched alkanes of at least 4 members (excludes halogenated alkanes) is 8. The number of allylic oxidation sites excluding steroid dienone is 4. The lowest BCUT2D eigenvalue weighted by molar-refractivity contribution is -0.304. The maximum absolute atomic E-state index is 12.8. The second kappa shape index (κ2) is 22.6. The van der Waals surface area contributed by atoms with Gasteiger partial charge in [-0.3, -0.25) is 14.4 Å². The molecule has 0 spiro atoms. The van der Waals surface area contributed by atoms with Gasteiger partial charge in [-0.2, -0.15) is 0 Å². The molecule has 1 aliphatic rings. The van der Waals surface area contributed by atoms with Crippen LogP contribution in [0, 0.1) is 5.41 Å². The first kappa shape index (κ1) is 40.2. The van der Waals surface area contributed by atoms with Crippen molar-refractivity contribution in [1.29, 1.82) is 0 Å². The van der Waals surface area contributed by atoms with Crippen molar-refractivity contribution in [2.75, 3.05) is 19.8 Å². The van der Waals surface area contributed by atoms with E-state index in [1.165, 1.54) is 38.5 Å². The smallest absolute Gasteiger partial charge is 0.307 e. The Bertz CT molecular complexity index is 1100. The van der Waals surface area contributed by atoms with Gasteiger partial charge in [0.05, 0.1) is 19.1 Å². The van der Waals surface area contributed by atoms with Crippen molar-refractivity contribution in [3.63, 3.8) is 0 Å². The van der Waals surface area contributed by atoms with Gasteiger partial charge in [-0.15, -0.1) is 0 Å². The summed E-state index contributed by atoms with van der Waals surface area (Å²) in [5.41, 5.74) is 0.561. The zero-order chi connectivity index (χ0) is 34.4. The van der Waals surface area contributed by atoms with E-state index in [0.29, 0.717) is 19.4 Å². The third-order valence-electron chi connectivity index (χ3n) is 8.26. The van der Waals surface area contributed by atoms with Gasteiger partial charge < -0.3 is 24.8 Å². The van der Waals surface area contributed by atoms with Gasteiger partial charge in [0, 0.05) is 18.4 Å². The molecular weight excluding hydrogens is 592 g/mol. The summed E-state index contributed by atoms with van der Waals surface area (Å²) in [5.74, 6) is -1.58. The predicted molar refractivity (Wildman–Crippen MR) is 189 cm³/mol. The normalized spacial score (nSPS) is 17.9. The first-order valence-electron chi connectivity index (χ1n) is 17.9. The molecule has 0 radical (unpaired) electrons. The molecule has 8 heteroatoms. The van der Waals surface area contributed by atoms with Crippen LogP contribution in [0.1, 0.15) is 124 Å². The summed E-state index contributed by atoms with van der Waals surface area (Å²) in [7, 11) is 0. The van der Waals surface area contributed by atoms with E-state index >= 15 is 0 Å². The second-order valence-electron chi connectivity index (χ2n) is 13.8. The van der Waals surface area contributed by atoms with Crippen molar-refractivity contribution < 1.29 is 28.6 Å². The third-order valence-corrected chi connectivity index (χ3v) is 8.26. The van der Waals surface area contributed by atoms with E-state index in [2.05, 4.69) is 41.9 Å². The number of carbonyl (C=O) groups excluding carboxylic acids is 3. The lowest BCUT2D eigenvalue weighted by Gasteiger charge is -2.44. The molecule has 1 heterocycles. The van der Waals surface area contributed by atoms with Crippen LogP contribution in [-0.4, -0.2) is 55.5 Å². The molecule has 0 bridgehead atoms. The number of ether oxygens (including phenoxy) is 3. The van der Waals surface area contributed by atoms with Gasteiger partial charge in [0.2, 0.25) is 11.8 Å². The van der Waals surface area contributed by atoms with E-state index in [-0.39, 0.29) is 37.4 Å². The summed E-state index contributed by atoms with van der Waals surface area (Å²) in [5, 5.41) is 5.88. The monoisotopic (exact) mass is 654 g/mol.